The summed E-state index contributed by atoms with van der Waals surface area (Å²) >= 11 is 6.20. The Kier molecular flexibility index (Phi) is 4.93. The molecule has 4 heteroatoms. The predicted molar refractivity (Wildman–Crippen MR) is 111 cm³/mol. The molecule has 1 aliphatic rings. The molecular formula is C24H19ClO3. The second-order valence-electron chi connectivity index (χ2n) is 6.79. The molecule has 140 valence electrons. The van der Waals surface area contributed by atoms with Crippen LogP contribution in [0.4, 0.5) is 0 Å². The highest BCUT2D eigenvalue weighted by molar-refractivity contribution is 6.32. The SMILES string of the molecule is Cc1ccccc1COc1cc(C)c2c(c1)O/C(=C\c1ccccc1Cl)C2=O. The van der Waals surface area contributed by atoms with E-state index in [0.29, 0.717) is 28.7 Å². The van der Waals surface area contributed by atoms with Gasteiger partial charge in [0.2, 0.25) is 5.78 Å². The zero-order chi connectivity index (χ0) is 19.7. The van der Waals surface area contributed by atoms with Crippen molar-refractivity contribution in [3.05, 3.63) is 99.3 Å². The molecule has 0 radical (unpaired) electrons. The van der Waals surface area contributed by atoms with Crippen molar-refractivity contribution < 1.29 is 14.3 Å². The summed E-state index contributed by atoms with van der Waals surface area (Å²) in [6.07, 6.45) is 1.68. The first kappa shape index (κ1) is 18.3. The van der Waals surface area contributed by atoms with Crippen LogP contribution in [0, 0.1) is 13.8 Å². The normalized spacial score (nSPS) is 14.1. The zero-order valence-electron chi connectivity index (χ0n) is 15.7. The fourth-order valence-electron chi connectivity index (χ4n) is 3.23. The van der Waals surface area contributed by atoms with Crippen LogP contribution in [0.15, 0.2) is 66.4 Å². The predicted octanol–water partition coefficient (Wildman–Crippen LogP) is 6.15. The average Bonchev–Trinajstić information content (AvgIpc) is 2.99. The third-order valence-corrected chi connectivity index (χ3v) is 5.14. The monoisotopic (exact) mass is 390 g/mol. The molecule has 3 aromatic carbocycles. The van der Waals surface area contributed by atoms with E-state index < -0.39 is 0 Å². The molecule has 0 N–H and O–H groups in total. The fourth-order valence-corrected chi connectivity index (χ4v) is 3.42. The highest BCUT2D eigenvalue weighted by Gasteiger charge is 2.30. The first-order valence-electron chi connectivity index (χ1n) is 9.03. The number of halogens is 1. The Morgan fingerprint density at radius 1 is 1.00 bits per heavy atom. The number of ketones is 1. The van der Waals surface area contributed by atoms with Gasteiger partial charge in [0.1, 0.15) is 18.1 Å². The van der Waals surface area contributed by atoms with Gasteiger partial charge in [-0.1, -0.05) is 54.1 Å². The lowest BCUT2D eigenvalue weighted by atomic mass is 10.0. The molecule has 0 aromatic heterocycles. The van der Waals surface area contributed by atoms with Crippen molar-refractivity contribution in [2.75, 3.05) is 0 Å². The van der Waals surface area contributed by atoms with E-state index in [-0.39, 0.29) is 11.5 Å². The smallest absolute Gasteiger partial charge is 0.232 e. The van der Waals surface area contributed by atoms with E-state index in [1.165, 1.54) is 5.56 Å². The van der Waals surface area contributed by atoms with E-state index in [1.54, 1.807) is 18.2 Å². The molecule has 1 aliphatic heterocycles. The molecule has 0 saturated heterocycles. The molecule has 0 atom stereocenters. The average molecular weight is 391 g/mol. The number of aryl methyl sites for hydroxylation is 2. The Morgan fingerprint density at radius 3 is 2.54 bits per heavy atom. The van der Waals surface area contributed by atoms with Gasteiger partial charge in [0, 0.05) is 11.1 Å². The van der Waals surface area contributed by atoms with E-state index in [0.717, 1.165) is 16.7 Å². The van der Waals surface area contributed by atoms with Crippen LogP contribution in [0.2, 0.25) is 5.02 Å². The van der Waals surface area contributed by atoms with Crippen molar-refractivity contribution in [1.82, 2.24) is 0 Å². The number of hydrogen-bond donors (Lipinski definition) is 0. The zero-order valence-corrected chi connectivity index (χ0v) is 16.4. The van der Waals surface area contributed by atoms with E-state index in [4.69, 9.17) is 21.1 Å². The van der Waals surface area contributed by atoms with Crippen LogP contribution < -0.4 is 9.47 Å². The maximum absolute atomic E-state index is 12.8. The summed E-state index contributed by atoms with van der Waals surface area (Å²) in [6, 6.07) is 19.1. The molecule has 0 fully saturated rings. The largest absolute Gasteiger partial charge is 0.489 e. The summed E-state index contributed by atoms with van der Waals surface area (Å²) in [4.78, 5) is 12.8. The summed E-state index contributed by atoms with van der Waals surface area (Å²) in [5.41, 5.74) is 4.44. The van der Waals surface area contributed by atoms with Gasteiger partial charge in [-0.3, -0.25) is 4.79 Å². The van der Waals surface area contributed by atoms with Crippen molar-refractivity contribution in [3.63, 3.8) is 0 Å². The number of Topliss-reactive ketones (excluding diaryl/α,β-unsaturated/α-hetero) is 1. The first-order chi connectivity index (χ1) is 13.5. The van der Waals surface area contributed by atoms with Crippen LogP contribution in [0.3, 0.4) is 0 Å². The van der Waals surface area contributed by atoms with Gasteiger partial charge < -0.3 is 9.47 Å². The van der Waals surface area contributed by atoms with Crippen molar-refractivity contribution >= 4 is 23.5 Å². The van der Waals surface area contributed by atoms with Gasteiger partial charge in [0.15, 0.2) is 5.76 Å². The minimum Gasteiger partial charge on any atom is -0.489 e. The second kappa shape index (κ2) is 7.53. The van der Waals surface area contributed by atoms with Gasteiger partial charge in [-0.05, 0) is 54.3 Å². The standard InChI is InChI=1S/C24H19ClO3/c1-15-7-3-4-9-18(15)14-27-19-11-16(2)23-21(13-19)28-22(24(23)26)12-17-8-5-6-10-20(17)25/h3-13H,14H2,1-2H3/b22-12-. The molecule has 3 aromatic rings. The number of ether oxygens (including phenoxy) is 2. The summed E-state index contributed by atoms with van der Waals surface area (Å²) in [7, 11) is 0. The Balaban J connectivity index is 1.60. The maximum Gasteiger partial charge on any atom is 0.232 e. The summed E-state index contributed by atoms with van der Waals surface area (Å²) < 4.78 is 11.8. The van der Waals surface area contributed by atoms with Gasteiger partial charge in [-0.15, -0.1) is 0 Å². The van der Waals surface area contributed by atoms with Gasteiger partial charge in [-0.2, -0.15) is 0 Å². The molecule has 0 amide bonds. The molecular weight excluding hydrogens is 372 g/mol. The van der Waals surface area contributed by atoms with Crippen LogP contribution >= 0.6 is 11.6 Å². The minimum absolute atomic E-state index is 0.141. The number of carbonyl (C=O) groups excluding carboxylic acids is 1. The van der Waals surface area contributed by atoms with Gasteiger partial charge in [0.05, 0.1) is 5.56 Å². The van der Waals surface area contributed by atoms with Crippen LogP contribution in [-0.4, -0.2) is 5.78 Å². The Hall–Kier alpha value is -3.04. The number of hydrogen-bond acceptors (Lipinski definition) is 3. The number of rotatable bonds is 4. The summed E-state index contributed by atoms with van der Waals surface area (Å²) in [5.74, 6) is 1.31. The highest BCUT2D eigenvalue weighted by atomic mass is 35.5. The summed E-state index contributed by atoms with van der Waals surface area (Å²) in [6.45, 7) is 4.40. The van der Waals surface area contributed by atoms with Crippen LogP contribution in [0.5, 0.6) is 11.5 Å². The Morgan fingerprint density at radius 2 is 1.75 bits per heavy atom. The van der Waals surface area contributed by atoms with E-state index in [9.17, 15) is 4.79 Å². The molecule has 0 unspecified atom stereocenters. The van der Waals surface area contributed by atoms with E-state index >= 15 is 0 Å². The fraction of sp³-hybridized carbons (Fsp3) is 0.125. The molecule has 0 aliphatic carbocycles. The number of benzene rings is 3. The molecule has 4 rings (SSSR count). The minimum atomic E-state index is -0.141. The lowest BCUT2D eigenvalue weighted by Gasteiger charge is -2.10. The van der Waals surface area contributed by atoms with Crippen LogP contribution in [0.25, 0.3) is 6.08 Å². The van der Waals surface area contributed by atoms with Crippen LogP contribution in [-0.2, 0) is 6.61 Å². The van der Waals surface area contributed by atoms with Crippen molar-refractivity contribution in [2.24, 2.45) is 0 Å². The summed E-state index contributed by atoms with van der Waals surface area (Å²) in [5, 5.41) is 0.571. The van der Waals surface area contributed by atoms with Gasteiger partial charge >= 0.3 is 0 Å². The molecule has 1 heterocycles. The Labute approximate surface area is 169 Å². The van der Waals surface area contributed by atoms with Crippen molar-refractivity contribution in [3.8, 4) is 11.5 Å². The molecule has 0 saturated carbocycles. The third kappa shape index (κ3) is 3.54. The number of allylic oxidation sites excluding steroid dienone is 1. The topological polar surface area (TPSA) is 35.5 Å². The second-order valence-corrected chi connectivity index (χ2v) is 7.20. The van der Waals surface area contributed by atoms with Gasteiger partial charge in [-0.25, -0.2) is 0 Å². The number of fused-ring (bicyclic) bond motifs is 1. The van der Waals surface area contributed by atoms with E-state index in [2.05, 4.69) is 13.0 Å². The molecule has 3 nitrogen and oxygen atoms in total. The van der Waals surface area contributed by atoms with Crippen LogP contribution in [0.1, 0.15) is 32.6 Å². The van der Waals surface area contributed by atoms with Gasteiger partial charge in [0.25, 0.3) is 0 Å². The lowest BCUT2D eigenvalue weighted by Crippen LogP contribution is -2.00. The number of carbonyl (C=O) groups is 1. The maximum atomic E-state index is 12.8. The highest BCUT2D eigenvalue weighted by Crippen LogP contribution is 2.38. The van der Waals surface area contributed by atoms with Crippen molar-refractivity contribution in [1.29, 1.82) is 0 Å². The molecule has 28 heavy (non-hydrogen) atoms. The first-order valence-corrected chi connectivity index (χ1v) is 9.41. The van der Waals surface area contributed by atoms with Crippen molar-refractivity contribution in [2.45, 2.75) is 20.5 Å². The molecule has 0 spiro atoms. The third-order valence-electron chi connectivity index (χ3n) is 4.79. The quantitative estimate of drug-likeness (QED) is 0.501. The Bertz CT molecular complexity index is 1100. The molecule has 0 bridgehead atoms. The lowest BCUT2D eigenvalue weighted by molar-refractivity contribution is 0.101. The van der Waals surface area contributed by atoms with E-state index in [1.807, 2.05) is 49.4 Å².